The molecular formula is C24H16Cl3N3O2. The van der Waals surface area contributed by atoms with Crippen molar-refractivity contribution >= 4 is 57.7 Å². The second kappa shape index (κ2) is 10.0. The number of carbonyl (C=O) groups excluding carboxylic acids is 1. The molecule has 3 aromatic carbocycles. The summed E-state index contributed by atoms with van der Waals surface area (Å²) in [5, 5.41) is 6.98. The molecule has 8 heteroatoms. The van der Waals surface area contributed by atoms with Gasteiger partial charge in [-0.3, -0.25) is 4.79 Å². The van der Waals surface area contributed by atoms with Crippen LogP contribution in [0.1, 0.15) is 21.5 Å². The van der Waals surface area contributed by atoms with E-state index in [0.717, 1.165) is 16.3 Å². The summed E-state index contributed by atoms with van der Waals surface area (Å²) in [4.78, 5) is 16.0. The lowest BCUT2D eigenvalue weighted by Gasteiger charge is -2.11. The number of hydrogen-bond donors (Lipinski definition) is 1. The number of carbonyl (C=O) groups is 1. The Morgan fingerprint density at radius 2 is 1.72 bits per heavy atom. The smallest absolute Gasteiger partial charge is 0.274 e. The van der Waals surface area contributed by atoms with E-state index in [1.165, 1.54) is 12.4 Å². The molecule has 1 N–H and O–H groups in total. The molecule has 0 bridgehead atoms. The minimum absolute atomic E-state index is 0.0965. The highest BCUT2D eigenvalue weighted by Crippen LogP contribution is 2.34. The number of nitrogens with one attached hydrogen (secondary N) is 1. The van der Waals surface area contributed by atoms with Crippen molar-refractivity contribution in [3.8, 4) is 5.75 Å². The molecule has 0 fully saturated rings. The van der Waals surface area contributed by atoms with Crippen LogP contribution in [0.2, 0.25) is 15.2 Å². The van der Waals surface area contributed by atoms with Crippen LogP contribution in [0.15, 0.2) is 78.0 Å². The van der Waals surface area contributed by atoms with Crippen molar-refractivity contribution in [2.45, 2.75) is 6.61 Å². The molecule has 32 heavy (non-hydrogen) atoms. The Morgan fingerprint density at radius 3 is 2.47 bits per heavy atom. The van der Waals surface area contributed by atoms with Crippen molar-refractivity contribution in [2.75, 3.05) is 0 Å². The molecule has 4 rings (SSSR count). The molecule has 0 aliphatic rings. The summed E-state index contributed by atoms with van der Waals surface area (Å²) < 4.78 is 5.87. The van der Waals surface area contributed by atoms with Crippen molar-refractivity contribution in [3.63, 3.8) is 0 Å². The van der Waals surface area contributed by atoms with Gasteiger partial charge in [-0.1, -0.05) is 71.2 Å². The summed E-state index contributed by atoms with van der Waals surface area (Å²) >= 11 is 18.6. The number of ether oxygens (including phenoxy) is 1. The second-order valence-electron chi connectivity index (χ2n) is 6.82. The fourth-order valence-electron chi connectivity index (χ4n) is 3.06. The molecule has 1 aromatic heterocycles. The first kappa shape index (κ1) is 22.1. The third kappa shape index (κ3) is 5.19. The van der Waals surface area contributed by atoms with Crippen LogP contribution in [-0.2, 0) is 6.61 Å². The van der Waals surface area contributed by atoms with E-state index in [9.17, 15) is 4.79 Å². The van der Waals surface area contributed by atoms with Gasteiger partial charge < -0.3 is 4.74 Å². The first-order valence-electron chi connectivity index (χ1n) is 9.55. The van der Waals surface area contributed by atoms with Crippen LogP contribution in [0.3, 0.4) is 0 Å². The third-order valence-corrected chi connectivity index (χ3v) is 5.46. The summed E-state index contributed by atoms with van der Waals surface area (Å²) in [6.45, 7) is 0.319. The zero-order valence-corrected chi connectivity index (χ0v) is 18.8. The molecule has 1 amide bonds. The summed E-state index contributed by atoms with van der Waals surface area (Å²) in [6, 6.07) is 20.7. The van der Waals surface area contributed by atoms with E-state index < -0.39 is 5.91 Å². The van der Waals surface area contributed by atoms with E-state index in [1.54, 1.807) is 24.3 Å². The van der Waals surface area contributed by atoms with Crippen molar-refractivity contribution < 1.29 is 9.53 Å². The zero-order valence-electron chi connectivity index (χ0n) is 16.6. The normalized spacial score (nSPS) is 11.1. The van der Waals surface area contributed by atoms with Crippen molar-refractivity contribution in [1.82, 2.24) is 10.4 Å². The Hall–Kier alpha value is -3.12. The quantitative estimate of drug-likeness (QED) is 0.192. The number of hydrazone groups is 1. The van der Waals surface area contributed by atoms with Crippen molar-refractivity contribution in [3.05, 3.63) is 105 Å². The standard InChI is InChI=1S/C24H16Cl3N3O2/c25-20-11-16(13-29-30-24(31)19-6-3-9-28-23(19)27)12-21(26)22(20)32-14-15-7-8-17-4-1-2-5-18(17)10-15/h1-13H,14H2,(H,30,31). The number of aromatic nitrogens is 1. The summed E-state index contributed by atoms with van der Waals surface area (Å²) in [5.41, 5.74) is 4.21. The van der Waals surface area contributed by atoms with Crippen molar-refractivity contribution in [2.24, 2.45) is 5.10 Å². The van der Waals surface area contributed by atoms with Gasteiger partial charge in [0.2, 0.25) is 0 Å². The maximum atomic E-state index is 12.1. The van der Waals surface area contributed by atoms with Gasteiger partial charge in [0.1, 0.15) is 11.8 Å². The topological polar surface area (TPSA) is 63.6 Å². The van der Waals surface area contributed by atoms with Gasteiger partial charge in [-0.05, 0) is 52.2 Å². The van der Waals surface area contributed by atoms with E-state index in [-0.39, 0.29) is 10.7 Å². The fraction of sp³-hybridized carbons (Fsp3) is 0.0417. The number of hydrogen-bond acceptors (Lipinski definition) is 4. The van der Waals surface area contributed by atoms with E-state index >= 15 is 0 Å². The maximum Gasteiger partial charge on any atom is 0.274 e. The van der Waals surface area contributed by atoms with Gasteiger partial charge in [0, 0.05) is 6.20 Å². The van der Waals surface area contributed by atoms with Crippen LogP contribution in [0.4, 0.5) is 0 Å². The summed E-state index contributed by atoms with van der Waals surface area (Å²) in [7, 11) is 0. The lowest BCUT2D eigenvalue weighted by Crippen LogP contribution is -2.18. The average Bonchev–Trinajstić information content (AvgIpc) is 2.78. The minimum atomic E-state index is -0.480. The van der Waals surface area contributed by atoms with E-state index in [4.69, 9.17) is 39.5 Å². The molecule has 0 spiro atoms. The first-order valence-corrected chi connectivity index (χ1v) is 10.7. The minimum Gasteiger partial charge on any atom is -0.486 e. The summed E-state index contributed by atoms with van der Waals surface area (Å²) in [6.07, 6.45) is 2.92. The number of pyridine rings is 1. The molecule has 0 aliphatic carbocycles. The van der Waals surface area contributed by atoms with Gasteiger partial charge in [0.25, 0.3) is 5.91 Å². The fourth-order valence-corrected chi connectivity index (χ4v) is 3.88. The molecule has 0 atom stereocenters. The van der Waals surface area contributed by atoms with Crippen LogP contribution in [0.5, 0.6) is 5.75 Å². The average molecular weight is 485 g/mol. The number of halogens is 3. The molecule has 0 unspecified atom stereocenters. The van der Waals surface area contributed by atoms with Crippen LogP contribution >= 0.6 is 34.8 Å². The second-order valence-corrected chi connectivity index (χ2v) is 8.00. The number of nitrogens with zero attached hydrogens (tertiary/aromatic N) is 2. The molecule has 0 aliphatic heterocycles. The highest BCUT2D eigenvalue weighted by Gasteiger charge is 2.11. The Balaban J connectivity index is 1.42. The zero-order chi connectivity index (χ0) is 22.5. The number of fused-ring (bicyclic) bond motifs is 1. The molecule has 160 valence electrons. The SMILES string of the molecule is O=C(NN=Cc1cc(Cl)c(OCc2ccc3ccccc3c2)c(Cl)c1)c1cccnc1Cl. The third-order valence-electron chi connectivity index (χ3n) is 4.60. The Labute approximate surface area is 199 Å². The lowest BCUT2D eigenvalue weighted by atomic mass is 10.1. The lowest BCUT2D eigenvalue weighted by molar-refractivity contribution is 0.0955. The predicted octanol–water partition coefficient (Wildman–Crippen LogP) is 6.54. The van der Waals surface area contributed by atoms with E-state index in [0.29, 0.717) is 28.0 Å². The molecular weight excluding hydrogens is 469 g/mol. The van der Waals surface area contributed by atoms with Crippen LogP contribution in [0.25, 0.3) is 10.8 Å². The van der Waals surface area contributed by atoms with Crippen LogP contribution in [0, 0.1) is 0 Å². The molecule has 0 saturated heterocycles. The van der Waals surface area contributed by atoms with Crippen molar-refractivity contribution in [1.29, 1.82) is 0 Å². The van der Waals surface area contributed by atoms with Gasteiger partial charge in [-0.2, -0.15) is 5.10 Å². The maximum absolute atomic E-state index is 12.1. The molecule has 4 aromatic rings. The molecule has 0 saturated carbocycles. The number of benzene rings is 3. The molecule has 0 radical (unpaired) electrons. The van der Waals surface area contributed by atoms with E-state index in [2.05, 4.69) is 27.6 Å². The van der Waals surface area contributed by atoms with Gasteiger partial charge in [0.05, 0.1) is 21.8 Å². The number of amides is 1. The Kier molecular flexibility index (Phi) is 6.90. The van der Waals surface area contributed by atoms with Gasteiger partial charge in [-0.25, -0.2) is 10.4 Å². The first-order chi connectivity index (χ1) is 15.5. The Morgan fingerprint density at radius 1 is 0.969 bits per heavy atom. The van der Waals surface area contributed by atoms with E-state index in [1.807, 2.05) is 30.3 Å². The highest BCUT2D eigenvalue weighted by molar-refractivity contribution is 6.37. The van der Waals surface area contributed by atoms with Crippen LogP contribution < -0.4 is 10.2 Å². The Bertz CT molecular complexity index is 1300. The highest BCUT2D eigenvalue weighted by atomic mass is 35.5. The monoisotopic (exact) mass is 483 g/mol. The van der Waals surface area contributed by atoms with Crippen LogP contribution in [-0.4, -0.2) is 17.1 Å². The summed E-state index contributed by atoms with van der Waals surface area (Å²) in [5.74, 6) is -0.100. The molecule has 5 nitrogen and oxygen atoms in total. The van der Waals surface area contributed by atoms with Gasteiger partial charge >= 0.3 is 0 Å². The molecule has 1 heterocycles. The predicted molar refractivity (Wildman–Crippen MR) is 129 cm³/mol. The van der Waals surface area contributed by atoms with Gasteiger partial charge in [-0.15, -0.1) is 0 Å². The largest absolute Gasteiger partial charge is 0.486 e. The van der Waals surface area contributed by atoms with Gasteiger partial charge in [0.15, 0.2) is 5.75 Å². The number of rotatable bonds is 6.